The van der Waals surface area contributed by atoms with E-state index >= 15 is 0 Å². The fourth-order valence-corrected chi connectivity index (χ4v) is 1.04. The van der Waals surface area contributed by atoms with Gasteiger partial charge in [-0.2, -0.15) is 0 Å². The molecular weight excluding hydrogens is 188 g/mol. The standard InChI is InChI=1S/C13H14O2/c1-4-10(2)11(3)15-13(14)12-8-6-5-7-9-12/h4-9,11H,1-2H2,3H3. The summed E-state index contributed by atoms with van der Waals surface area (Å²) in [4.78, 5) is 11.6. The van der Waals surface area contributed by atoms with E-state index in [2.05, 4.69) is 13.2 Å². The lowest BCUT2D eigenvalue weighted by molar-refractivity contribution is 0.0412. The van der Waals surface area contributed by atoms with Crippen LogP contribution in [0.1, 0.15) is 17.3 Å². The fourth-order valence-electron chi connectivity index (χ4n) is 1.04. The first-order valence-corrected chi connectivity index (χ1v) is 4.72. The second-order valence-electron chi connectivity index (χ2n) is 3.19. The molecule has 1 unspecified atom stereocenters. The molecule has 0 aliphatic rings. The maximum atomic E-state index is 11.6. The van der Waals surface area contributed by atoms with E-state index in [1.165, 1.54) is 0 Å². The van der Waals surface area contributed by atoms with Crippen LogP contribution in [0.25, 0.3) is 0 Å². The quantitative estimate of drug-likeness (QED) is 0.554. The van der Waals surface area contributed by atoms with Crippen LogP contribution in [0.4, 0.5) is 0 Å². The Bertz CT molecular complexity index is 365. The third-order valence-electron chi connectivity index (χ3n) is 2.08. The van der Waals surface area contributed by atoms with Gasteiger partial charge in [-0.25, -0.2) is 4.79 Å². The molecule has 1 aromatic carbocycles. The Hall–Kier alpha value is -1.83. The molecule has 0 fully saturated rings. The van der Waals surface area contributed by atoms with Crippen molar-refractivity contribution >= 4 is 5.97 Å². The lowest BCUT2D eigenvalue weighted by Gasteiger charge is -2.12. The van der Waals surface area contributed by atoms with Crippen molar-refractivity contribution in [3.8, 4) is 0 Å². The maximum absolute atomic E-state index is 11.6. The Morgan fingerprint density at radius 2 is 2.00 bits per heavy atom. The van der Waals surface area contributed by atoms with E-state index in [4.69, 9.17) is 4.74 Å². The first-order chi connectivity index (χ1) is 7.15. The number of hydrogen-bond donors (Lipinski definition) is 0. The van der Waals surface area contributed by atoms with Crippen molar-refractivity contribution in [3.63, 3.8) is 0 Å². The maximum Gasteiger partial charge on any atom is 0.338 e. The summed E-state index contributed by atoms with van der Waals surface area (Å²) in [6.07, 6.45) is 1.25. The van der Waals surface area contributed by atoms with Crippen LogP contribution in [0.15, 0.2) is 55.1 Å². The molecule has 0 saturated heterocycles. The molecule has 0 aliphatic heterocycles. The SMILES string of the molecule is C=CC(=C)C(C)OC(=O)c1ccccc1. The van der Waals surface area contributed by atoms with Gasteiger partial charge < -0.3 is 4.74 Å². The fraction of sp³-hybridized carbons (Fsp3) is 0.154. The second kappa shape index (κ2) is 5.15. The van der Waals surface area contributed by atoms with Crippen LogP contribution in [0.2, 0.25) is 0 Å². The highest BCUT2D eigenvalue weighted by atomic mass is 16.5. The zero-order valence-corrected chi connectivity index (χ0v) is 8.77. The number of benzene rings is 1. The van der Waals surface area contributed by atoms with E-state index in [0.717, 1.165) is 0 Å². The number of esters is 1. The summed E-state index contributed by atoms with van der Waals surface area (Å²) in [5.41, 5.74) is 1.24. The Morgan fingerprint density at radius 1 is 1.40 bits per heavy atom. The van der Waals surface area contributed by atoms with Crippen molar-refractivity contribution in [2.45, 2.75) is 13.0 Å². The number of rotatable bonds is 4. The van der Waals surface area contributed by atoms with Gasteiger partial charge in [-0.3, -0.25) is 0 Å². The van der Waals surface area contributed by atoms with E-state index in [0.29, 0.717) is 11.1 Å². The van der Waals surface area contributed by atoms with Gasteiger partial charge in [0.2, 0.25) is 0 Å². The van der Waals surface area contributed by atoms with Crippen molar-refractivity contribution in [1.29, 1.82) is 0 Å². The van der Waals surface area contributed by atoms with Gasteiger partial charge in [-0.1, -0.05) is 37.4 Å². The largest absolute Gasteiger partial charge is 0.454 e. The Morgan fingerprint density at radius 3 is 2.53 bits per heavy atom. The zero-order chi connectivity index (χ0) is 11.3. The van der Waals surface area contributed by atoms with Crippen LogP contribution in [0, 0.1) is 0 Å². The van der Waals surface area contributed by atoms with Crippen molar-refractivity contribution in [1.82, 2.24) is 0 Å². The molecule has 0 aliphatic carbocycles. The third-order valence-corrected chi connectivity index (χ3v) is 2.08. The molecule has 1 atom stereocenters. The van der Waals surface area contributed by atoms with Crippen LogP contribution in [-0.2, 0) is 4.74 Å². The molecule has 0 bridgehead atoms. The van der Waals surface area contributed by atoms with Gasteiger partial charge in [0.05, 0.1) is 5.56 Å². The van der Waals surface area contributed by atoms with Crippen LogP contribution >= 0.6 is 0 Å². The molecule has 78 valence electrons. The molecular formula is C13H14O2. The topological polar surface area (TPSA) is 26.3 Å². The summed E-state index contributed by atoms with van der Waals surface area (Å²) in [6.45, 7) is 9.06. The van der Waals surface area contributed by atoms with E-state index < -0.39 is 0 Å². The van der Waals surface area contributed by atoms with Crippen LogP contribution in [0.3, 0.4) is 0 Å². The molecule has 1 rings (SSSR count). The lowest BCUT2D eigenvalue weighted by atomic mass is 10.2. The van der Waals surface area contributed by atoms with Crippen LogP contribution < -0.4 is 0 Å². The van der Waals surface area contributed by atoms with Gasteiger partial charge in [0.15, 0.2) is 0 Å². The summed E-state index contributed by atoms with van der Waals surface area (Å²) >= 11 is 0. The molecule has 15 heavy (non-hydrogen) atoms. The average molecular weight is 202 g/mol. The summed E-state index contributed by atoms with van der Waals surface area (Å²) in [5.74, 6) is -0.342. The minimum Gasteiger partial charge on any atom is -0.454 e. The highest BCUT2D eigenvalue weighted by Gasteiger charge is 2.11. The first-order valence-electron chi connectivity index (χ1n) is 4.72. The molecule has 0 heterocycles. The zero-order valence-electron chi connectivity index (χ0n) is 8.77. The monoisotopic (exact) mass is 202 g/mol. The highest BCUT2D eigenvalue weighted by molar-refractivity contribution is 5.89. The van der Waals surface area contributed by atoms with Gasteiger partial charge in [0.25, 0.3) is 0 Å². The van der Waals surface area contributed by atoms with Crippen molar-refractivity contribution < 1.29 is 9.53 Å². The van der Waals surface area contributed by atoms with Crippen molar-refractivity contribution in [3.05, 3.63) is 60.7 Å². The Kier molecular flexibility index (Phi) is 3.86. The summed E-state index contributed by atoms with van der Waals surface area (Å²) in [7, 11) is 0. The van der Waals surface area contributed by atoms with Crippen molar-refractivity contribution in [2.24, 2.45) is 0 Å². The minimum atomic E-state index is -0.342. The molecule has 0 aromatic heterocycles. The Balaban J connectivity index is 2.64. The smallest absolute Gasteiger partial charge is 0.338 e. The van der Waals surface area contributed by atoms with Gasteiger partial charge >= 0.3 is 5.97 Å². The number of carbonyl (C=O) groups is 1. The first kappa shape index (κ1) is 11.2. The van der Waals surface area contributed by atoms with Crippen molar-refractivity contribution in [2.75, 3.05) is 0 Å². The highest BCUT2D eigenvalue weighted by Crippen LogP contribution is 2.09. The average Bonchev–Trinajstić information content (AvgIpc) is 2.29. The number of hydrogen-bond acceptors (Lipinski definition) is 2. The van der Waals surface area contributed by atoms with E-state index in [9.17, 15) is 4.79 Å². The van der Waals surface area contributed by atoms with Crippen LogP contribution in [0.5, 0.6) is 0 Å². The van der Waals surface area contributed by atoms with Gasteiger partial charge in [0, 0.05) is 0 Å². The number of carbonyl (C=O) groups excluding carboxylic acids is 1. The molecule has 1 aromatic rings. The predicted octanol–water partition coefficient (Wildman–Crippen LogP) is 2.97. The second-order valence-corrected chi connectivity index (χ2v) is 3.19. The lowest BCUT2D eigenvalue weighted by Crippen LogP contribution is -2.15. The van der Waals surface area contributed by atoms with Gasteiger partial charge in [-0.05, 0) is 24.6 Å². The third kappa shape index (κ3) is 3.09. The van der Waals surface area contributed by atoms with E-state index in [1.54, 1.807) is 37.3 Å². The summed E-state index contributed by atoms with van der Waals surface area (Å²) < 4.78 is 5.18. The molecule has 0 radical (unpaired) electrons. The molecule has 2 nitrogen and oxygen atoms in total. The van der Waals surface area contributed by atoms with Gasteiger partial charge in [0.1, 0.15) is 6.10 Å². The van der Waals surface area contributed by atoms with Crippen LogP contribution in [-0.4, -0.2) is 12.1 Å². The number of ether oxygens (including phenoxy) is 1. The normalized spacial score (nSPS) is 11.5. The molecule has 0 N–H and O–H groups in total. The molecule has 0 saturated carbocycles. The van der Waals surface area contributed by atoms with E-state index in [-0.39, 0.29) is 12.1 Å². The molecule has 2 heteroatoms. The Labute approximate surface area is 89.9 Å². The van der Waals surface area contributed by atoms with Gasteiger partial charge in [-0.15, -0.1) is 0 Å². The summed E-state index contributed by atoms with van der Waals surface area (Å²) in [5, 5.41) is 0. The van der Waals surface area contributed by atoms with E-state index in [1.807, 2.05) is 6.07 Å². The molecule has 0 spiro atoms. The minimum absolute atomic E-state index is 0.338. The predicted molar refractivity (Wildman–Crippen MR) is 60.7 cm³/mol. The summed E-state index contributed by atoms with van der Waals surface area (Å²) in [6, 6.07) is 8.87. The molecule has 0 amide bonds.